The van der Waals surface area contributed by atoms with Gasteiger partial charge in [0.2, 0.25) is 0 Å². The van der Waals surface area contributed by atoms with Gasteiger partial charge in [-0.3, -0.25) is 0 Å². The van der Waals surface area contributed by atoms with Gasteiger partial charge in [0.05, 0.1) is 0 Å². The molecule has 0 heterocycles. The van der Waals surface area contributed by atoms with Crippen LogP contribution in [-0.4, -0.2) is 59.4 Å². The molecule has 0 radical (unpaired) electrons. The fourth-order valence-electron chi connectivity index (χ4n) is 2.47. The van der Waals surface area contributed by atoms with Gasteiger partial charge in [0, 0.05) is 0 Å². The van der Waals surface area contributed by atoms with Crippen molar-refractivity contribution in [3.63, 3.8) is 0 Å². The van der Waals surface area contributed by atoms with E-state index in [0.717, 1.165) is 10.1 Å². The summed E-state index contributed by atoms with van der Waals surface area (Å²) in [6.07, 6.45) is 10.4. The van der Waals surface area contributed by atoms with Crippen LogP contribution in [0.25, 0.3) is 0 Å². The summed E-state index contributed by atoms with van der Waals surface area (Å²) >= 11 is -1.42. The molecule has 0 spiro atoms. The molecule has 0 fully saturated rings. The molecule has 0 aromatic carbocycles. The Balaban J connectivity index is 3.08. The van der Waals surface area contributed by atoms with Gasteiger partial charge in [-0.1, -0.05) is 0 Å². The predicted octanol–water partition coefficient (Wildman–Crippen LogP) is 2.96. The van der Waals surface area contributed by atoms with E-state index in [1.165, 1.54) is 5.57 Å². The van der Waals surface area contributed by atoms with Gasteiger partial charge >= 0.3 is 115 Å². The van der Waals surface area contributed by atoms with E-state index in [1.54, 1.807) is 5.57 Å². The molecule has 1 rings (SSSR count). The summed E-state index contributed by atoms with van der Waals surface area (Å²) in [7, 11) is 8.45. The van der Waals surface area contributed by atoms with Gasteiger partial charge in [0.1, 0.15) is 0 Å². The predicted molar refractivity (Wildman–Crippen MR) is 78.5 cm³/mol. The Morgan fingerprint density at radius 1 is 1.12 bits per heavy atom. The quantitative estimate of drug-likeness (QED) is 0.782. The van der Waals surface area contributed by atoms with E-state index in [-0.39, 0.29) is 0 Å². The van der Waals surface area contributed by atoms with E-state index in [2.05, 4.69) is 71.9 Å². The average molecular weight is 336 g/mol. The fourth-order valence-corrected chi connectivity index (χ4v) is 8.31. The molecule has 0 bridgehead atoms. The Labute approximate surface area is 114 Å². The van der Waals surface area contributed by atoms with Crippen molar-refractivity contribution >= 4 is 21.4 Å². The maximum atomic E-state index is 2.51. The van der Waals surface area contributed by atoms with E-state index in [9.17, 15) is 0 Å². The molecule has 0 aromatic rings. The van der Waals surface area contributed by atoms with Crippen LogP contribution in [0.15, 0.2) is 35.7 Å². The number of hydrogen-bond donors (Lipinski definition) is 0. The minimum atomic E-state index is -1.42. The normalized spacial score (nSPS) is 24.2. The molecule has 2 nitrogen and oxygen atoms in total. The van der Waals surface area contributed by atoms with Crippen LogP contribution >= 0.6 is 0 Å². The summed E-state index contributed by atoms with van der Waals surface area (Å²) in [5.41, 5.74) is 3.12. The zero-order valence-corrected chi connectivity index (χ0v) is 15.4. The Kier molecular flexibility index (Phi) is 5.71. The van der Waals surface area contributed by atoms with E-state index in [4.69, 9.17) is 0 Å². The van der Waals surface area contributed by atoms with Crippen molar-refractivity contribution < 1.29 is 0 Å². The molecule has 0 aliphatic heterocycles. The van der Waals surface area contributed by atoms with E-state index < -0.39 is 21.4 Å². The van der Waals surface area contributed by atoms with E-state index in [1.807, 2.05) is 0 Å². The topological polar surface area (TPSA) is 6.48 Å². The van der Waals surface area contributed by atoms with Crippen molar-refractivity contribution in [2.24, 2.45) is 0 Å². The molecule has 0 aromatic heterocycles. The third-order valence-corrected chi connectivity index (χ3v) is 9.05. The molecule has 17 heavy (non-hydrogen) atoms. The monoisotopic (exact) mass is 336 g/mol. The zero-order valence-electron chi connectivity index (χ0n) is 12.1. The van der Waals surface area contributed by atoms with E-state index >= 15 is 0 Å². The molecular formula is C14H25InN2. The van der Waals surface area contributed by atoms with Gasteiger partial charge in [0.15, 0.2) is 0 Å². The van der Waals surface area contributed by atoms with Crippen LogP contribution in [0.2, 0.25) is 13.0 Å². The van der Waals surface area contributed by atoms with Crippen molar-refractivity contribution in [1.82, 2.24) is 9.80 Å². The summed E-state index contributed by atoms with van der Waals surface area (Å²) in [6, 6.07) is 0. The zero-order chi connectivity index (χ0) is 13.0. The molecule has 0 N–H and O–H groups in total. The Bertz CT molecular complexity index is 338. The molecule has 1 unspecified atom stereocenters. The number of rotatable bonds is 3. The second kappa shape index (κ2) is 6.58. The minimum absolute atomic E-state index is 0.756. The van der Waals surface area contributed by atoms with Crippen LogP contribution in [-0.2, 0) is 0 Å². The van der Waals surface area contributed by atoms with Crippen LogP contribution < -0.4 is 0 Å². The Morgan fingerprint density at radius 2 is 1.71 bits per heavy atom. The standard InChI is InChI=1S/C12H19N2.2CH3.In/c1-13(2)9-11-6-5-7-12(8-11)10-14(3)4;;;/h5-6,8-10H,7H2,1-4H3;2*1H3;/b11-9-,12-10+;;;. The first kappa shape index (κ1) is 14.8. The third-order valence-electron chi connectivity index (χ3n) is 2.92. The summed E-state index contributed by atoms with van der Waals surface area (Å²) in [5, 5.41) is 0. The SMILES string of the molecule is CN(C)/C=C1/C=CC/C(=C\N(C)C)[CH]1[In]([CH3])[CH3]. The van der Waals surface area contributed by atoms with Crippen LogP contribution in [0.1, 0.15) is 6.42 Å². The van der Waals surface area contributed by atoms with Crippen LogP contribution in [0.3, 0.4) is 0 Å². The fraction of sp³-hybridized carbons (Fsp3) is 0.571. The number of nitrogens with zero attached hydrogens (tertiary/aromatic N) is 2. The number of hydrogen-bond acceptors (Lipinski definition) is 2. The van der Waals surface area contributed by atoms with Gasteiger partial charge in [-0.05, 0) is 0 Å². The van der Waals surface area contributed by atoms with Crippen molar-refractivity contribution in [1.29, 1.82) is 0 Å². The summed E-state index contributed by atoms with van der Waals surface area (Å²) in [4.78, 5) is 4.35. The van der Waals surface area contributed by atoms with Gasteiger partial charge in [-0.2, -0.15) is 0 Å². The summed E-state index contributed by atoms with van der Waals surface area (Å²) < 4.78 is 5.78. The molecule has 0 amide bonds. The molecule has 1 aliphatic rings. The first-order valence-electron chi connectivity index (χ1n) is 6.33. The van der Waals surface area contributed by atoms with Gasteiger partial charge in [-0.15, -0.1) is 0 Å². The average Bonchev–Trinajstić information content (AvgIpc) is 2.14. The van der Waals surface area contributed by atoms with Crippen molar-refractivity contribution in [2.75, 3.05) is 28.2 Å². The second-order valence-corrected chi connectivity index (χ2v) is 14.6. The molecule has 1 aliphatic carbocycles. The van der Waals surface area contributed by atoms with Crippen molar-refractivity contribution in [3.8, 4) is 0 Å². The molecule has 0 saturated carbocycles. The molecule has 0 saturated heterocycles. The Morgan fingerprint density at radius 3 is 2.18 bits per heavy atom. The van der Waals surface area contributed by atoms with Crippen LogP contribution in [0.5, 0.6) is 0 Å². The van der Waals surface area contributed by atoms with Crippen molar-refractivity contribution in [2.45, 2.75) is 19.5 Å². The molecular weight excluding hydrogens is 311 g/mol. The Hall–Kier alpha value is -0.310. The molecule has 94 valence electrons. The first-order chi connectivity index (χ1) is 7.91. The summed E-state index contributed by atoms with van der Waals surface area (Å²) in [6.45, 7) is 0. The molecule has 1 atom stereocenters. The third kappa shape index (κ3) is 4.46. The van der Waals surface area contributed by atoms with Gasteiger partial charge in [0.25, 0.3) is 0 Å². The second-order valence-electron chi connectivity index (χ2n) is 5.59. The maximum absolute atomic E-state index is 2.51. The van der Waals surface area contributed by atoms with Crippen molar-refractivity contribution in [3.05, 3.63) is 35.7 Å². The summed E-state index contributed by atoms with van der Waals surface area (Å²) in [5.74, 6) is 0. The van der Waals surface area contributed by atoms with Crippen LogP contribution in [0.4, 0.5) is 0 Å². The first-order valence-corrected chi connectivity index (χ1v) is 14.8. The van der Waals surface area contributed by atoms with Gasteiger partial charge < -0.3 is 0 Å². The van der Waals surface area contributed by atoms with Gasteiger partial charge in [-0.25, -0.2) is 0 Å². The van der Waals surface area contributed by atoms with E-state index in [0.29, 0.717) is 0 Å². The molecule has 3 heteroatoms. The van der Waals surface area contributed by atoms with Crippen LogP contribution in [0, 0.1) is 0 Å². The number of allylic oxidation sites excluding steroid dienone is 4.